The van der Waals surface area contributed by atoms with Gasteiger partial charge in [0.2, 0.25) is 0 Å². The average molecular weight is 251 g/mol. The molecule has 0 saturated carbocycles. The van der Waals surface area contributed by atoms with E-state index in [-0.39, 0.29) is 6.10 Å². The van der Waals surface area contributed by atoms with E-state index in [9.17, 15) is 0 Å². The topological polar surface area (TPSA) is 39.7 Å². The standard InChI is InChI=1S/C14H21NO3/c1-4-15-9-14-11-8-13(17-3)12(16-2)7-10(11)5-6-18-14/h7-8,14-15H,4-6,9H2,1-3H3. The number of methoxy groups -OCH3 is 2. The molecular weight excluding hydrogens is 230 g/mol. The van der Waals surface area contributed by atoms with Crippen molar-refractivity contribution in [3.05, 3.63) is 23.3 Å². The summed E-state index contributed by atoms with van der Waals surface area (Å²) in [6, 6.07) is 4.10. The maximum absolute atomic E-state index is 5.82. The van der Waals surface area contributed by atoms with Gasteiger partial charge in [0.05, 0.1) is 26.9 Å². The Morgan fingerprint density at radius 1 is 1.28 bits per heavy atom. The molecule has 0 aromatic heterocycles. The SMILES string of the molecule is CCNCC1OCCc2cc(OC)c(OC)cc21. The molecule has 100 valence electrons. The maximum atomic E-state index is 5.82. The number of likely N-dealkylation sites (N-methyl/N-ethyl adjacent to an activating group) is 1. The second-order valence-corrected chi connectivity index (χ2v) is 4.32. The summed E-state index contributed by atoms with van der Waals surface area (Å²) in [6.07, 6.45) is 1.03. The van der Waals surface area contributed by atoms with Gasteiger partial charge in [-0.25, -0.2) is 0 Å². The van der Waals surface area contributed by atoms with Crippen LogP contribution in [-0.2, 0) is 11.2 Å². The molecule has 4 heteroatoms. The number of rotatable bonds is 5. The van der Waals surface area contributed by atoms with Gasteiger partial charge < -0.3 is 19.5 Å². The van der Waals surface area contributed by atoms with Crippen molar-refractivity contribution >= 4 is 0 Å². The van der Waals surface area contributed by atoms with Gasteiger partial charge in [-0.2, -0.15) is 0 Å². The van der Waals surface area contributed by atoms with Gasteiger partial charge in [0, 0.05) is 6.54 Å². The van der Waals surface area contributed by atoms with Gasteiger partial charge >= 0.3 is 0 Å². The van der Waals surface area contributed by atoms with Crippen LogP contribution in [0.3, 0.4) is 0 Å². The zero-order chi connectivity index (χ0) is 13.0. The molecule has 1 atom stereocenters. The predicted octanol–water partition coefficient (Wildman–Crippen LogP) is 1.93. The van der Waals surface area contributed by atoms with Crippen molar-refractivity contribution in [2.24, 2.45) is 0 Å². The Morgan fingerprint density at radius 3 is 2.67 bits per heavy atom. The van der Waals surface area contributed by atoms with Crippen LogP contribution in [0.1, 0.15) is 24.2 Å². The van der Waals surface area contributed by atoms with Crippen LogP contribution in [0.25, 0.3) is 0 Å². The van der Waals surface area contributed by atoms with Crippen LogP contribution in [0, 0.1) is 0 Å². The third kappa shape index (κ3) is 2.60. The summed E-state index contributed by atoms with van der Waals surface area (Å²) >= 11 is 0. The predicted molar refractivity (Wildman–Crippen MR) is 70.5 cm³/mol. The molecule has 0 spiro atoms. The first-order valence-corrected chi connectivity index (χ1v) is 6.37. The number of ether oxygens (including phenoxy) is 3. The van der Waals surface area contributed by atoms with E-state index in [1.54, 1.807) is 14.2 Å². The molecule has 1 N–H and O–H groups in total. The second kappa shape index (κ2) is 6.07. The largest absolute Gasteiger partial charge is 0.493 e. The van der Waals surface area contributed by atoms with E-state index in [4.69, 9.17) is 14.2 Å². The van der Waals surface area contributed by atoms with Gasteiger partial charge in [-0.3, -0.25) is 0 Å². The van der Waals surface area contributed by atoms with Gasteiger partial charge in [0.25, 0.3) is 0 Å². The van der Waals surface area contributed by atoms with Crippen LogP contribution in [0.2, 0.25) is 0 Å². The smallest absolute Gasteiger partial charge is 0.161 e. The summed E-state index contributed by atoms with van der Waals surface area (Å²) < 4.78 is 16.5. The van der Waals surface area contributed by atoms with Crippen LogP contribution < -0.4 is 14.8 Å². The van der Waals surface area contributed by atoms with Crippen molar-refractivity contribution in [3.8, 4) is 11.5 Å². The van der Waals surface area contributed by atoms with E-state index >= 15 is 0 Å². The van der Waals surface area contributed by atoms with Crippen molar-refractivity contribution < 1.29 is 14.2 Å². The van der Waals surface area contributed by atoms with Crippen LogP contribution in [0.4, 0.5) is 0 Å². The summed E-state index contributed by atoms with van der Waals surface area (Å²) in [5, 5.41) is 3.33. The van der Waals surface area contributed by atoms with Crippen molar-refractivity contribution in [2.75, 3.05) is 33.9 Å². The molecule has 0 bridgehead atoms. The third-order valence-corrected chi connectivity index (χ3v) is 3.26. The molecule has 1 unspecified atom stereocenters. The van der Waals surface area contributed by atoms with Gasteiger partial charge in [-0.05, 0) is 36.2 Å². The fourth-order valence-electron chi connectivity index (χ4n) is 2.30. The highest BCUT2D eigenvalue weighted by Gasteiger charge is 2.23. The fourth-order valence-corrected chi connectivity index (χ4v) is 2.30. The van der Waals surface area contributed by atoms with Gasteiger partial charge in [-0.15, -0.1) is 0 Å². The zero-order valence-corrected chi connectivity index (χ0v) is 11.3. The van der Waals surface area contributed by atoms with Gasteiger partial charge in [0.1, 0.15) is 0 Å². The summed E-state index contributed by atoms with van der Waals surface area (Å²) in [6.45, 7) is 4.64. The molecule has 0 radical (unpaired) electrons. The maximum Gasteiger partial charge on any atom is 0.161 e. The lowest BCUT2D eigenvalue weighted by Crippen LogP contribution is -2.27. The lowest BCUT2D eigenvalue weighted by molar-refractivity contribution is 0.0426. The quantitative estimate of drug-likeness (QED) is 0.868. The van der Waals surface area contributed by atoms with E-state index in [0.29, 0.717) is 0 Å². The molecule has 1 heterocycles. The van der Waals surface area contributed by atoms with Crippen molar-refractivity contribution in [1.29, 1.82) is 0 Å². The summed E-state index contributed by atoms with van der Waals surface area (Å²) in [7, 11) is 3.33. The Kier molecular flexibility index (Phi) is 4.44. The molecule has 0 saturated heterocycles. The highest BCUT2D eigenvalue weighted by atomic mass is 16.5. The Morgan fingerprint density at radius 2 is 2.00 bits per heavy atom. The van der Waals surface area contributed by atoms with E-state index in [2.05, 4.69) is 18.3 Å². The number of fused-ring (bicyclic) bond motifs is 1. The Hall–Kier alpha value is -1.26. The number of hydrogen-bond donors (Lipinski definition) is 1. The van der Waals surface area contributed by atoms with Gasteiger partial charge in [0.15, 0.2) is 11.5 Å². The first kappa shape index (κ1) is 13.2. The molecule has 0 amide bonds. The third-order valence-electron chi connectivity index (χ3n) is 3.26. The molecule has 1 aromatic carbocycles. The first-order valence-electron chi connectivity index (χ1n) is 6.37. The fraction of sp³-hybridized carbons (Fsp3) is 0.571. The van der Waals surface area contributed by atoms with Crippen LogP contribution in [0.5, 0.6) is 11.5 Å². The minimum absolute atomic E-state index is 0.105. The number of hydrogen-bond acceptors (Lipinski definition) is 4. The molecule has 0 fully saturated rings. The minimum atomic E-state index is 0.105. The summed E-state index contributed by atoms with van der Waals surface area (Å²) in [4.78, 5) is 0. The molecule has 1 aliphatic heterocycles. The first-order chi connectivity index (χ1) is 8.80. The molecule has 4 nitrogen and oxygen atoms in total. The molecule has 1 aromatic rings. The Labute approximate surface area is 108 Å². The van der Waals surface area contributed by atoms with Crippen LogP contribution >= 0.6 is 0 Å². The number of benzene rings is 1. The monoisotopic (exact) mass is 251 g/mol. The zero-order valence-electron chi connectivity index (χ0n) is 11.3. The van der Waals surface area contributed by atoms with E-state index in [0.717, 1.165) is 37.6 Å². The molecule has 0 aliphatic carbocycles. The van der Waals surface area contributed by atoms with Crippen molar-refractivity contribution in [3.63, 3.8) is 0 Å². The lowest BCUT2D eigenvalue weighted by atomic mass is 9.96. The number of nitrogens with one attached hydrogen (secondary N) is 1. The second-order valence-electron chi connectivity index (χ2n) is 4.32. The van der Waals surface area contributed by atoms with Crippen LogP contribution in [-0.4, -0.2) is 33.9 Å². The molecular formula is C14H21NO3. The van der Waals surface area contributed by atoms with Crippen molar-refractivity contribution in [2.45, 2.75) is 19.4 Å². The average Bonchev–Trinajstić information content (AvgIpc) is 2.43. The molecule has 2 rings (SSSR count). The molecule has 18 heavy (non-hydrogen) atoms. The van der Waals surface area contributed by atoms with E-state index in [1.165, 1.54) is 11.1 Å². The summed E-state index contributed by atoms with van der Waals surface area (Å²) in [5.74, 6) is 1.56. The lowest BCUT2D eigenvalue weighted by Gasteiger charge is -2.27. The Bertz CT molecular complexity index is 406. The summed E-state index contributed by atoms with van der Waals surface area (Å²) in [5.41, 5.74) is 2.50. The highest BCUT2D eigenvalue weighted by Crippen LogP contribution is 2.36. The highest BCUT2D eigenvalue weighted by molar-refractivity contribution is 5.49. The Balaban J connectivity index is 2.31. The van der Waals surface area contributed by atoms with Crippen LogP contribution in [0.15, 0.2) is 12.1 Å². The van der Waals surface area contributed by atoms with E-state index < -0.39 is 0 Å². The van der Waals surface area contributed by atoms with E-state index in [1.807, 2.05) is 6.07 Å². The molecule has 1 aliphatic rings. The normalized spacial score (nSPS) is 18.3. The van der Waals surface area contributed by atoms with Gasteiger partial charge in [-0.1, -0.05) is 6.92 Å². The minimum Gasteiger partial charge on any atom is -0.493 e. The van der Waals surface area contributed by atoms with Crippen molar-refractivity contribution in [1.82, 2.24) is 5.32 Å².